The van der Waals surface area contributed by atoms with Crippen LogP contribution in [0.3, 0.4) is 0 Å². The van der Waals surface area contributed by atoms with E-state index >= 15 is 0 Å². The van der Waals surface area contributed by atoms with Gasteiger partial charge >= 0.3 is 0 Å². The van der Waals surface area contributed by atoms with Gasteiger partial charge in [-0.15, -0.1) is 0 Å². The molecule has 0 atom stereocenters. The standard InChI is InChI=1S/C29H38/c1-4-7-10-15-26-17-21-28(22-18-26)29-23-19-27(20-24-29)16-12-9-11-14-25(6-3)13-8-5-2/h5-6,8,13,17-24H,3-4,7,9-12,14-16H2,1-2H3/b8-5-,25-13+. The van der Waals surface area contributed by atoms with Crippen LogP contribution in [0, 0.1) is 0 Å². The van der Waals surface area contributed by atoms with E-state index < -0.39 is 0 Å². The minimum Gasteiger partial charge on any atom is -0.0988 e. The molecule has 0 N–H and O–H groups in total. The molecule has 0 saturated heterocycles. The van der Waals surface area contributed by atoms with E-state index in [0.29, 0.717) is 0 Å². The van der Waals surface area contributed by atoms with Crippen LogP contribution in [-0.2, 0) is 12.8 Å². The van der Waals surface area contributed by atoms with Gasteiger partial charge in [-0.05, 0) is 73.3 Å². The van der Waals surface area contributed by atoms with Gasteiger partial charge in [0.25, 0.3) is 0 Å². The van der Waals surface area contributed by atoms with Crippen molar-refractivity contribution in [1.29, 1.82) is 0 Å². The van der Waals surface area contributed by atoms with E-state index in [0.717, 1.165) is 6.42 Å². The van der Waals surface area contributed by atoms with Gasteiger partial charge in [0.2, 0.25) is 0 Å². The van der Waals surface area contributed by atoms with Gasteiger partial charge in [-0.25, -0.2) is 0 Å². The largest absolute Gasteiger partial charge is 0.0988 e. The van der Waals surface area contributed by atoms with Gasteiger partial charge in [0.15, 0.2) is 0 Å². The molecular weight excluding hydrogens is 348 g/mol. The predicted molar refractivity (Wildman–Crippen MR) is 130 cm³/mol. The van der Waals surface area contributed by atoms with Gasteiger partial charge < -0.3 is 0 Å². The molecule has 0 unspecified atom stereocenters. The molecule has 0 heterocycles. The van der Waals surface area contributed by atoms with Crippen molar-refractivity contribution >= 4 is 0 Å². The van der Waals surface area contributed by atoms with Gasteiger partial charge in [0.1, 0.15) is 0 Å². The smallest absolute Gasteiger partial charge is 0.0184 e. The molecule has 0 aliphatic carbocycles. The fourth-order valence-corrected chi connectivity index (χ4v) is 3.62. The summed E-state index contributed by atoms with van der Waals surface area (Å²) in [4.78, 5) is 0. The van der Waals surface area contributed by atoms with Crippen molar-refractivity contribution in [1.82, 2.24) is 0 Å². The van der Waals surface area contributed by atoms with E-state index in [1.54, 1.807) is 0 Å². The predicted octanol–water partition coefficient (Wildman–Crippen LogP) is 8.88. The third kappa shape index (κ3) is 8.69. The van der Waals surface area contributed by atoms with E-state index in [-0.39, 0.29) is 0 Å². The Bertz CT molecular complexity index is 757. The summed E-state index contributed by atoms with van der Waals surface area (Å²) in [5.41, 5.74) is 6.88. The van der Waals surface area contributed by atoms with Crippen LogP contribution in [0.2, 0.25) is 0 Å². The molecule has 0 amide bonds. The molecule has 0 heteroatoms. The summed E-state index contributed by atoms with van der Waals surface area (Å²) in [7, 11) is 0. The molecule has 0 fully saturated rings. The zero-order chi connectivity index (χ0) is 20.7. The third-order valence-corrected chi connectivity index (χ3v) is 5.51. The molecule has 0 saturated carbocycles. The zero-order valence-corrected chi connectivity index (χ0v) is 18.5. The van der Waals surface area contributed by atoms with Crippen LogP contribution in [-0.4, -0.2) is 0 Å². The molecule has 2 aromatic rings. The van der Waals surface area contributed by atoms with Gasteiger partial charge in [-0.3, -0.25) is 0 Å². The lowest BCUT2D eigenvalue weighted by molar-refractivity contribution is 0.680. The summed E-state index contributed by atoms with van der Waals surface area (Å²) in [5, 5.41) is 0. The Morgan fingerprint density at radius 1 is 0.759 bits per heavy atom. The Balaban J connectivity index is 1.76. The number of hydrogen-bond donors (Lipinski definition) is 0. The molecule has 29 heavy (non-hydrogen) atoms. The SMILES string of the molecule is C=C/C(=C\C=C/C)CCCCCc1ccc(-c2ccc(CCCCC)cc2)cc1. The Labute approximate surface area is 179 Å². The number of allylic oxidation sites excluding steroid dienone is 5. The topological polar surface area (TPSA) is 0 Å². The molecule has 0 aromatic heterocycles. The maximum atomic E-state index is 3.91. The second-order valence-electron chi connectivity index (χ2n) is 7.88. The molecule has 2 aromatic carbocycles. The Hall–Kier alpha value is -2.34. The fraction of sp³-hybridized carbons (Fsp3) is 0.379. The van der Waals surface area contributed by atoms with Gasteiger partial charge in [0, 0.05) is 0 Å². The Kier molecular flexibility index (Phi) is 10.9. The third-order valence-electron chi connectivity index (χ3n) is 5.51. The maximum Gasteiger partial charge on any atom is -0.0184 e. The van der Waals surface area contributed by atoms with Crippen LogP contribution in [0.15, 0.2) is 85.0 Å². The lowest BCUT2D eigenvalue weighted by atomic mass is 9.99. The molecular formula is C29H38. The monoisotopic (exact) mass is 386 g/mol. The van der Waals surface area contributed by atoms with Crippen molar-refractivity contribution in [2.75, 3.05) is 0 Å². The van der Waals surface area contributed by atoms with Crippen molar-refractivity contribution in [3.05, 3.63) is 96.1 Å². The highest BCUT2D eigenvalue weighted by Gasteiger charge is 2.00. The lowest BCUT2D eigenvalue weighted by Crippen LogP contribution is -1.88. The number of rotatable bonds is 13. The molecule has 0 spiro atoms. The van der Waals surface area contributed by atoms with E-state index in [1.165, 1.54) is 79.2 Å². The van der Waals surface area contributed by atoms with Crippen LogP contribution in [0.25, 0.3) is 11.1 Å². The highest BCUT2D eigenvalue weighted by atomic mass is 14.1. The number of aryl methyl sites for hydroxylation is 2. The zero-order valence-electron chi connectivity index (χ0n) is 18.5. The van der Waals surface area contributed by atoms with Crippen LogP contribution in [0.1, 0.15) is 69.9 Å². The Morgan fingerprint density at radius 2 is 1.31 bits per heavy atom. The highest BCUT2D eigenvalue weighted by Crippen LogP contribution is 2.22. The first kappa shape index (κ1) is 22.9. The first-order valence-corrected chi connectivity index (χ1v) is 11.4. The summed E-state index contributed by atoms with van der Waals surface area (Å²) in [6.07, 6.45) is 19.5. The number of hydrogen-bond acceptors (Lipinski definition) is 0. The molecule has 154 valence electrons. The molecule has 0 aliphatic heterocycles. The van der Waals surface area contributed by atoms with Crippen LogP contribution in [0.4, 0.5) is 0 Å². The highest BCUT2D eigenvalue weighted by molar-refractivity contribution is 5.64. The summed E-state index contributed by atoms with van der Waals surface area (Å²) >= 11 is 0. The van der Waals surface area contributed by atoms with Gasteiger partial charge in [0.05, 0.1) is 0 Å². The average Bonchev–Trinajstić information content (AvgIpc) is 2.77. The van der Waals surface area contributed by atoms with Crippen LogP contribution in [0.5, 0.6) is 0 Å². The molecule has 0 nitrogen and oxygen atoms in total. The van der Waals surface area contributed by atoms with Crippen molar-refractivity contribution < 1.29 is 0 Å². The van der Waals surface area contributed by atoms with Crippen molar-refractivity contribution in [3.63, 3.8) is 0 Å². The molecule has 0 radical (unpaired) electrons. The van der Waals surface area contributed by atoms with Gasteiger partial charge in [-0.1, -0.05) is 106 Å². The van der Waals surface area contributed by atoms with E-state index in [4.69, 9.17) is 0 Å². The first-order chi connectivity index (χ1) is 14.3. The number of benzene rings is 2. The summed E-state index contributed by atoms with van der Waals surface area (Å²) in [6.45, 7) is 8.22. The van der Waals surface area contributed by atoms with Crippen molar-refractivity contribution in [3.8, 4) is 11.1 Å². The van der Waals surface area contributed by atoms with Crippen LogP contribution < -0.4 is 0 Å². The van der Waals surface area contributed by atoms with Crippen molar-refractivity contribution in [2.45, 2.75) is 71.6 Å². The summed E-state index contributed by atoms with van der Waals surface area (Å²) < 4.78 is 0. The van der Waals surface area contributed by atoms with Crippen molar-refractivity contribution in [2.24, 2.45) is 0 Å². The summed E-state index contributed by atoms with van der Waals surface area (Å²) in [6, 6.07) is 18.3. The Morgan fingerprint density at radius 3 is 1.79 bits per heavy atom. The summed E-state index contributed by atoms with van der Waals surface area (Å²) in [5.74, 6) is 0. The number of unbranched alkanes of at least 4 members (excludes halogenated alkanes) is 4. The minimum absolute atomic E-state index is 1.13. The maximum absolute atomic E-state index is 3.91. The first-order valence-electron chi connectivity index (χ1n) is 11.4. The molecule has 0 aliphatic rings. The second kappa shape index (κ2) is 13.8. The molecule has 2 rings (SSSR count). The normalized spacial score (nSPS) is 11.9. The van der Waals surface area contributed by atoms with E-state index in [2.05, 4.69) is 80.3 Å². The quantitative estimate of drug-likeness (QED) is 0.238. The van der Waals surface area contributed by atoms with E-state index in [9.17, 15) is 0 Å². The second-order valence-corrected chi connectivity index (χ2v) is 7.88. The van der Waals surface area contributed by atoms with E-state index in [1.807, 2.05) is 13.0 Å². The van der Waals surface area contributed by atoms with Crippen LogP contribution >= 0.6 is 0 Å². The minimum atomic E-state index is 1.13. The average molecular weight is 387 g/mol. The fourth-order valence-electron chi connectivity index (χ4n) is 3.62. The molecule has 0 bridgehead atoms. The van der Waals surface area contributed by atoms with Gasteiger partial charge in [-0.2, -0.15) is 0 Å². The lowest BCUT2D eigenvalue weighted by Gasteiger charge is -2.07.